The lowest BCUT2D eigenvalue weighted by molar-refractivity contribution is 0.173. The van der Waals surface area contributed by atoms with Crippen molar-refractivity contribution in [3.63, 3.8) is 0 Å². The van der Waals surface area contributed by atoms with Crippen LogP contribution in [0.25, 0.3) is 0 Å². The summed E-state index contributed by atoms with van der Waals surface area (Å²) < 4.78 is 0. The molecule has 2 unspecified atom stereocenters. The van der Waals surface area contributed by atoms with Crippen LogP contribution in [0.3, 0.4) is 0 Å². The molecule has 4 N–H and O–H groups in total. The van der Waals surface area contributed by atoms with Crippen molar-refractivity contribution in [3.05, 3.63) is 12.2 Å². The number of hydrogen-bond acceptors (Lipinski definition) is 3. The molecule has 0 aromatic heterocycles. The number of aliphatic hydroxyl groups is 1. The molecule has 0 fully saturated rings. The summed E-state index contributed by atoms with van der Waals surface area (Å²) >= 11 is 0. The van der Waals surface area contributed by atoms with Crippen molar-refractivity contribution in [1.29, 1.82) is 0 Å². The largest absolute Gasteiger partial charge is 0.393 e. The Bertz CT molecular complexity index is 305. The van der Waals surface area contributed by atoms with Crippen LogP contribution in [0.2, 0.25) is 0 Å². The van der Waals surface area contributed by atoms with Gasteiger partial charge >= 0.3 is 0 Å². The highest BCUT2D eigenvalue weighted by Crippen LogP contribution is 2.09. The number of unbranched alkanes of at least 4 members (excludes halogenated alkanes) is 12. The third kappa shape index (κ3) is 23.6. The van der Waals surface area contributed by atoms with Gasteiger partial charge in [0.1, 0.15) is 0 Å². The Morgan fingerprint density at radius 1 is 0.778 bits per heavy atom. The van der Waals surface area contributed by atoms with E-state index < -0.39 is 0 Å². The highest BCUT2D eigenvalue weighted by molar-refractivity contribution is 4.81. The first-order chi connectivity index (χ1) is 13.2. The molecule has 0 bridgehead atoms. The summed E-state index contributed by atoms with van der Waals surface area (Å²) in [7, 11) is 0. The number of nitrogens with two attached hydrogens (primary N) is 1. The van der Waals surface area contributed by atoms with Crippen LogP contribution in [0.5, 0.6) is 0 Å². The highest BCUT2D eigenvalue weighted by atomic mass is 16.3. The van der Waals surface area contributed by atoms with Gasteiger partial charge in [-0.3, -0.25) is 0 Å². The zero-order chi connectivity index (χ0) is 20.0. The molecule has 0 aromatic carbocycles. The van der Waals surface area contributed by atoms with Gasteiger partial charge in [-0.25, -0.2) is 0 Å². The van der Waals surface area contributed by atoms with E-state index in [9.17, 15) is 5.11 Å². The Kier molecular flexibility index (Phi) is 21.6. The molecule has 0 saturated heterocycles. The highest BCUT2D eigenvalue weighted by Gasteiger charge is 2.05. The minimum atomic E-state index is -0.282. The Hall–Kier alpha value is -0.380. The van der Waals surface area contributed by atoms with E-state index in [0.29, 0.717) is 6.42 Å². The van der Waals surface area contributed by atoms with E-state index >= 15 is 0 Å². The first kappa shape index (κ1) is 26.6. The fourth-order valence-electron chi connectivity index (χ4n) is 3.47. The van der Waals surface area contributed by atoms with Crippen LogP contribution < -0.4 is 11.1 Å². The SMILES string of the molecule is CCCCCCCC/C=C\CCCCCCCCNCCC(N)CC(C)O. The van der Waals surface area contributed by atoms with E-state index in [-0.39, 0.29) is 12.1 Å². The molecule has 0 aliphatic rings. The average molecular weight is 383 g/mol. The van der Waals surface area contributed by atoms with Crippen molar-refractivity contribution >= 4 is 0 Å². The maximum absolute atomic E-state index is 9.28. The van der Waals surface area contributed by atoms with Crippen LogP contribution in [0, 0.1) is 0 Å². The third-order valence-corrected chi connectivity index (χ3v) is 5.20. The van der Waals surface area contributed by atoms with Crippen molar-refractivity contribution in [1.82, 2.24) is 5.32 Å². The predicted molar refractivity (Wildman–Crippen MR) is 121 cm³/mol. The second kappa shape index (κ2) is 21.9. The van der Waals surface area contributed by atoms with Crippen LogP contribution >= 0.6 is 0 Å². The molecule has 0 aliphatic heterocycles. The van der Waals surface area contributed by atoms with Crippen LogP contribution in [0.4, 0.5) is 0 Å². The zero-order valence-electron chi connectivity index (χ0n) is 18.6. The molecule has 0 spiro atoms. The fraction of sp³-hybridized carbons (Fsp3) is 0.917. The van der Waals surface area contributed by atoms with Crippen LogP contribution in [-0.2, 0) is 0 Å². The molecule has 0 amide bonds. The lowest BCUT2D eigenvalue weighted by Crippen LogP contribution is -2.29. The molecule has 3 nitrogen and oxygen atoms in total. The van der Waals surface area contributed by atoms with E-state index in [4.69, 9.17) is 5.73 Å². The fourth-order valence-corrected chi connectivity index (χ4v) is 3.47. The molecule has 162 valence electrons. The molecular weight excluding hydrogens is 332 g/mol. The van der Waals surface area contributed by atoms with Gasteiger partial charge in [0.15, 0.2) is 0 Å². The summed E-state index contributed by atoms with van der Waals surface area (Å²) in [5.74, 6) is 0. The van der Waals surface area contributed by atoms with Crippen LogP contribution in [0.1, 0.15) is 117 Å². The van der Waals surface area contributed by atoms with Gasteiger partial charge < -0.3 is 16.2 Å². The quantitative estimate of drug-likeness (QED) is 0.166. The van der Waals surface area contributed by atoms with E-state index in [1.54, 1.807) is 6.92 Å². The molecule has 0 heterocycles. The third-order valence-electron chi connectivity index (χ3n) is 5.20. The number of aliphatic hydroxyl groups excluding tert-OH is 1. The van der Waals surface area contributed by atoms with Gasteiger partial charge in [0, 0.05) is 6.04 Å². The summed E-state index contributed by atoms with van der Waals surface area (Å²) in [5.41, 5.74) is 5.95. The summed E-state index contributed by atoms with van der Waals surface area (Å²) in [6.45, 7) is 6.16. The number of hydrogen-bond donors (Lipinski definition) is 3. The van der Waals surface area contributed by atoms with Gasteiger partial charge in [-0.15, -0.1) is 0 Å². The molecule has 3 heteroatoms. The molecule has 2 atom stereocenters. The zero-order valence-corrected chi connectivity index (χ0v) is 18.6. The summed E-state index contributed by atoms with van der Waals surface area (Å²) in [5, 5.41) is 12.7. The van der Waals surface area contributed by atoms with Gasteiger partial charge in [-0.05, 0) is 65.0 Å². The minimum Gasteiger partial charge on any atom is -0.393 e. The summed E-state index contributed by atoms with van der Waals surface area (Å²) in [6, 6.07) is 0.123. The van der Waals surface area contributed by atoms with E-state index in [0.717, 1.165) is 19.5 Å². The lowest BCUT2D eigenvalue weighted by Gasteiger charge is -2.13. The topological polar surface area (TPSA) is 58.3 Å². The van der Waals surface area contributed by atoms with Crippen molar-refractivity contribution in [3.8, 4) is 0 Å². The van der Waals surface area contributed by atoms with Crippen LogP contribution in [-0.4, -0.2) is 30.3 Å². The van der Waals surface area contributed by atoms with Gasteiger partial charge in [0.05, 0.1) is 6.10 Å². The molecule has 0 radical (unpaired) electrons. The standard InChI is InChI=1S/C24H50N2O/c1-3-4-5-6-7-8-9-10-11-12-13-14-15-16-17-18-20-26-21-19-24(25)22-23(2)27/h10-11,23-24,26-27H,3-9,12-22,25H2,1-2H3/b11-10-. The van der Waals surface area contributed by atoms with Crippen molar-refractivity contribution in [2.45, 2.75) is 129 Å². The first-order valence-corrected chi connectivity index (χ1v) is 12.0. The molecule has 27 heavy (non-hydrogen) atoms. The second-order valence-electron chi connectivity index (χ2n) is 8.32. The summed E-state index contributed by atoms with van der Waals surface area (Å²) in [4.78, 5) is 0. The van der Waals surface area contributed by atoms with Crippen molar-refractivity contribution < 1.29 is 5.11 Å². The molecular formula is C24H50N2O. The van der Waals surface area contributed by atoms with E-state index in [2.05, 4.69) is 24.4 Å². The monoisotopic (exact) mass is 382 g/mol. The van der Waals surface area contributed by atoms with Gasteiger partial charge in [0.25, 0.3) is 0 Å². The van der Waals surface area contributed by atoms with Crippen LogP contribution in [0.15, 0.2) is 12.2 Å². The van der Waals surface area contributed by atoms with Crippen molar-refractivity contribution in [2.75, 3.05) is 13.1 Å². The Balaban J connectivity index is 3.13. The first-order valence-electron chi connectivity index (χ1n) is 12.0. The van der Waals surface area contributed by atoms with E-state index in [1.807, 2.05) is 0 Å². The average Bonchev–Trinajstić information content (AvgIpc) is 2.63. The number of nitrogens with one attached hydrogen (secondary N) is 1. The maximum Gasteiger partial charge on any atom is 0.0526 e. The predicted octanol–water partition coefficient (Wildman–Crippen LogP) is 6.10. The Morgan fingerprint density at radius 2 is 1.30 bits per heavy atom. The summed E-state index contributed by atoms with van der Waals surface area (Å²) in [6.07, 6.45) is 25.2. The Morgan fingerprint density at radius 3 is 1.85 bits per heavy atom. The second-order valence-corrected chi connectivity index (χ2v) is 8.32. The number of allylic oxidation sites excluding steroid dienone is 2. The molecule has 0 saturated carbocycles. The lowest BCUT2D eigenvalue weighted by atomic mass is 10.1. The maximum atomic E-state index is 9.28. The molecule has 0 aliphatic carbocycles. The molecule has 0 rings (SSSR count). The van der Waals surface area contributed by atoms with E-state index in [1.165, 1.54) is 89.9 Å². The molecule has 0 aromatic rings. The Labute approximate surface area is 170 Å². The minimum absolute atomic E-state index is 0.123. The van der Waals surface area contributed by atoms with Gasteiger partial charge in [-0.1, -0.05) is 76.9 Å². The van der Waals surface area contributed by atoms with Crippen molar-refractivity contribution in [2.24, 2.45) is 5.73 Å². The number of rotatable bonds is 21. The van der Waals surface area contributed by atoms with Gasteiger partial charge in [0.2, 0.25) is 0 Å². The smallest absolute Gasteiger partial charge is 0.0526 e. The normalized spacial score (nSPS) is 14.1. The van der Waals surface area contributed by atoms with Gasteiger partial charge in [-0.2, -0.15) is 0 Å².